The highest BCUT2D eigenvalue weighted by molar-refractivity contribution is 7.89. The molecule has 2 aliphatic rings. The van der Waals surface area contributed by atoms with Gasteiger partial charge in [0.25, 0.3) is 0 Å². The summed E-state index contributed by atoms with van der Waals surface area (Å²) >= 11 is 0. The second kappa shape index (κ2) is 7.71. The molecule has 0 radical (unpaired) electrons. The lowest BCUT2D eigenvalue weighted by Gasteiger charge is -2.35. The van der Waals surface area contributed by atoms with Gasteiger partial charge in [-0.3, -0.25) is 4.90 Å². The van der Waals surface area contributed by atoms with Crippen LogP contribution in [-0.2, 0) is 16.4 Å². The summed E-state index contributed by atoms with van der Waals surface area (Å²) in [6.07, 6.45) is -3.04. The first-order valence-corrected chi connectivity index (χ1v) is 10.0. The number of sulfonamides is 1. The second-order valence-corrected chi connectivity index (χ2v) is 8.18. The molecular weight excluding hydrogens is 371 g/mol. The smallest absolute Gasteiger partial charge is 0.405 e. The Labute approximate surface area is 150 Å². The maximum atomic E-state index is 13.4. The van der Waals surface area contributed by atoms with Gasteiger partial charge in [0.05, 0.1) is 11.5 Å². The zero-order valence-electron chi connectivity index (χ0n) is 14.2. The van der Waals surface area contributed by atoms with E-state index in [1.54, 1.807) is 6.07 Å². The van der Waals surface area contributed by atoms with E-state index in [2.05, 4.69) is 10.0 Å². The van der Waals surface area contributed by atoms with Crippen LogP contribution in [-0.4, -0.2) is 64.9 Å². The molecular formula is C16H22F3N3O3S. The molecule has 2 N–H and O–H groups in total. The van der Waals surface area contributed by atoms with E-state index in [1.807, 2.05) is 0 Å². The Bertz CT molecular complexity index is 734. The number of piperazine rings is 1. The average molecular weight is 393 g/mol. The molecule has 3 rings (SSSR count). The largest absolute Gasteiger partial charge is 0.493 e. The van der Waals surface area contributed by atoms with Crippen LogP contribution in [0.15, 0.2) is 23.1 Å². The third kappa shape index (κ3) is 4.48. The zero-order valence-corrected chi connectivity index (χ0v) is 15.0. The predicted molar refractivity (Wildman–Crippen MR) is 89.7 cm³/mol. The highest BCUT2D eigenvalue weighted by Crippen LogP contribution is 2.28. The average Bonchev–Trinajstić information content (AvgIpc) is 2.61. The standard InChI is InChI=1S/C16H22F3N3O3S/c17-16(18,19)15(22-7-5-20-6-8-22)11-21-26(23,24)13-3-4-14-12(10-13)2-1-9-25-14/h3-4,10,15,20-21H,1-2,5-9,11H2. The summed E-state index contributed by atoms with van der Waals surface area (Å²) in [4.78, 5) is 1.22. The molecule has 0 aliphatic carbocycles. The molecule has 6 nitrogen and oxygen atoms in total. The highest BCUT2D eigenvalue weighted by Gasteiger charge is 2.44. The number of benzene rings is 1. The Balaban J connectivity index is 1.73. The molecule has 0 bridgehead atoms. The number of nitrogens with one attached hydrogen (secondary N) is 2. The summed E-state index contributed by atoms with van der Waals surface area (Å²) in [5, 5.41) is 2.99. The molecule has 2 heterocycles. The lowest BCUT2D eigenvalue weighted by Crippen LogP contribution is -2.57. The van der Waals surface area contributed by atoms with Gasteiger partial charge in [-0.25, -0.2) is 13.1 Å². The molecule has 0 saturated carbocycles. The first-order chi connectivity index (χ1) is 12.3. The fourth-order valence-electron chi connectivity index (χ4n) is 3.22. The van der Waals surface area contributed by atoms with Gasteiger partial charge in [0.2, 0.25) is 10.0 Å². The minimum atomic E-state index is -4.51. The fraction of sp³-hybridized carbons (Fsp3) is 0.625. The Morgan fingerprint density at radius 1 is 1.27 bits per heavy atom. The van der Waals surface area contributed by atoms with Crippen molar-refractivity contribution in [3.8, 4) is 5.75 Å². The van der Waals surface area contributed by atoms with Crippen LogP contribution < -0.4 is 14.8 Å². The number of halogens is 3. The highest BCUT2D eigenvalue weighted by atomic mass is 32.2. The molecule has 10 heteroatoms. The van der Waals surface area contributed by atoms with Gasteiger partial charge in [-0.2, -0.15) is 13.2 Å². The number of alkyl halides is 3. The van der Waals surface area contributed by atoms with Crippen molar-refractivity contribution in [3.05, 3.63) is 23.8 Å². The summed E-state index contributed by atoms with van der Waals surface area (Å²) in [6.45, 7) is 1.22. The van der Waals surface area contributed by atoms with E-state index in [9.17, 15) is 21.6 Å². The van der Waals surface area contributed by atoms with E-state index >= 15 is 0 Å². The Kier molecular flexibility index (Phi) is 5.75. The van der Waals surface area contributed by atoms with Crippen molar-refractivity contribution in [1.82, 2.24) is 14.9 Å². The summed E-state index contributed by atoms with van der Waals surface area (Å²) in [5.74, 6) is 0.629. The van der Waals surface area contributed by atoms with Crippen molar-refractivity contribution in [3.63, 3.8) is 0 Å². The predicted octanol–water partition coefficient (Wildman–Crippen LogP) is 1.13. The first-order valence-electron chi connectivity index (χ1n) is 8.54. The third-order valence-corrected chi connectivity index (χ3v) is 6.05. The lowest BCUT2D eigenvalue weighted by molar-refractivity contribution is -0.182. The van der Waals surface area contributed by atoms with Gasteiger partial charge in [-0.1, -0.05) is 0 Å². The monoisotopic (exact) mass is 393 g/mol. The van der Waals surface area contributed by atoms with Crippen molar-refractivity contribution in [1.29, 1.82) is 0 Å². The van der Waals surface area contributed by atoms with Crippen LogP contribution in [0.4, 0.5) is 13.2 Å². The van der Waals surface area contributed by atoms with Crippen molar-refractivity contribution < 1.29 is 26.3 Å². The summed E-state index contributed by atoms with van der Waals surface area (Å²) in [7, 11) is -4.04. The lowest BCUT2D eigenvalue weighted by atomic mass is 10.1. The van der Waals surface area contributed by atoms with Gasteiger partial charge in [0, 0.05) is 32.7 Å². The van der Waals surface area contributed by atoms with Gasteiger partial charge >= 0.3 is 6.18 Å². The third-order valence-electron chi connectivity index (χ3n) is 4.63. The molecule has 2 aliphatic heterocycles. The molecule has 1 aromatic rings. The van der Waals surface area contributed by atoms with Crippen LogP contribution in [0.2, 0.25) is 0 Å². The molecule has 1 unspecified atom stereocenters. The molecule has 146 valence electrons. The molecule has 1 aromatic carbocycles. The fourth-order valence-corrected chi connectivity index (χ4v) is 4.31. The second-order valence-electron chi connectivity index (χ2n) is 6.42. The van der Waals surface area contributed by atoms with Crippen molar-refractivity contribution in [2.75, 3.05) is 39.3 Å². The Morgan fingerprint density at radius 2 is 2.00 bits per heavy atom. The normalized spacial score (nSPS) is 20.3. The van der Waals surface area contributed by atoms with Crippen molar-refractivity contribution in [2.45, 2.75) is 30.0 Å². The SMILES string of the molecule is O=S(=O)(NCC(N1CCNCC1)C(F)(F)F)c1ccc2c(c1)CCCO2. The topological polar surface area (TPSA) is 70.7 Å². The van der Waals surface area contributed by atoms with Crippen LogP contribution in [0.3, 0.4) is 0 Å². The van der Waals surface area contributed by atoms with E-state index in [1.165, 1.54) is 17.0 Å². The molecule has 0 spiro atoms. The Morgan fingerprint density at radius 3 is 2.69 bits per heavy atom. The van der Waals surface area contributed by atoms with Crippen LogP contribution >= 0.6 is 0 Å². The Hall–Kier alpha value is -1.36. The van der Waals surface area contributed by atoms with Gasteiger partial charge in [-0.15, -0.1) is 0 Å². The van der Waals surface area contributed by atoms with E-state index < -0.39 is 28.8 Å². The number of hydrogen-bond donors (Lipinski definition) is 2. The van der Waals surface area contributed by atoms with Crippen LogP contribution in [0.25, 0.3) is 0 Å². The molecule has 0 aromatic heterocycles. The van der Waals surface area contributed by atoms with E-state index in [-0.39, 0.29) is 18.0 Å². The maximum Gasteiger partial charge on any atom is 0.405 e. The number of nitrogens with zero attached hydrogens (tertiary/aromatic N) is 1. The van der Waals surface area contributed by atoms with Crippen molar-refractivity contribution in [2.24, 2.45) is 0 Å². The summed E-state index contributed by atoms with van der Waals surface area (Å²) in [6, 6.07) is 2.55. The first kappa shape index (κ1) is 19.4. The quantitative estimate of drug-likeness (QED) is 0.785. The van der Waals surface area contributed by atoms with E-state index in [4.69, 9.17) is 4.74 Å². The molecule has 26 heavy (non-hydrogen) atoms. The molecule has 1 saturated heterocycles. The summed E-state index contributed by atoms with van der Waals surface area (Å²) in [5.41, 5.74) is 0.758. The van der Waals surface area contributed by atoms with Gasteiger partial charge < -0.3 is 10.1 Å². The van der Waals surface area contributed by atoms with E-state index in [0.29, 0.717) is 31.9 Å². The number of hydrogen-bond acceptors (Lipinski definition) is 5. The van der Waals surface area contributed by atoms with Gasteiger partial charge in [0.1, 0.15) is 11.8 Å². The minimum Gasteiger partial charge on any atom is -0.493 e. The van der Waals surface area contributed by atoms with E-state index in [0.717, 1.165) is 12.0 Å². The van der Waals surface area contributed by atoms with Crippen LogP contribution in [0, 0.1) is 0 Å². The molecule has 1 atom stereocenters. The zero-order chi connectivity index (χ0) is 18.8. The number of ether oxygens (including phenoxy) is 1. The number of fused-ring (bicyclic) bond motifs is 1. The minimum absolute atomic E-state index is 0.0389. The van der Waals surface area contributed by atoms with Crippen molar-refractivity contribution >= 4 is 10.0 Å². The molecule has 1 fully saturated rings. The van der Waals surface area contributed by atoms with Crippen LogP contribution in [0.1, 0.15) is 12.0 Å². The maximum absolute atomic E-state index is 13.4. The summed E-state index contributed by atoms with van der Waals surface area (Å²) < 4.78 is 72.7. The van der Waals surface area contributed by atoms with Crippen LogP contribution in [0.5, 0.6) is 5.75 Å². The molecule has 0 amide bonds. The number of rotatable bonds is 5. The van der Waals surface area contributed by atoms with Gasteiger partial charge in [0.15, 0.2) is 0 Å². The van der Waals surface area contributed by atoms with Gasteiger partial charge in [-0.05, 0) is 36.6 Å². The number of aryl methyl sites for hydroxylation is 1.